The van der Waals surface area contributed by atoms with Gasteiger partial charge in [-0.2, -0.15) is 0 Å². The summed E-state index contributed by atoms with van der Waals surface area (Å²) in [5.41, 5.74) is 0.917. The Morgan fingerprint density at radius 3 is 1.89 bits per heavy atom. The van der Waals surface area contributed by atoms with Gasteiger partial charge in [0, 0.05) is 12.8 Å². The minimum atomic E-state index is -0.980. The second kappa shape index (κ2) is 15.2. The topological polar surface area (TPSA) is 66.4 Å². The minimum absolute atomic E-state index is 0.158. The van der Waals surface area contributed by atoms with Crippen LogP contribution in [0.2, 0.25) is 0 Å². The Labute approximate surface area is 164 Å². The van der Waals surface area contributed by atoms with Crippen LogP contribution in [-0.4, -0.2) is 23.0 Å². The average Bonchev–Trinajstić information content (AvgIpc) is 2.66. The van der Waals surface area contributed by atoms with E-state index in [1.807, 2.05) is 30.3 Å². The third-order valence-electron chi connectivity index (χ3n) is 4.92. The van der Waals surface area contributed by atoms with Crippen molar-refractivity contribution < 1.29 is 14.7 Å². The molecule has 0 spiro atoms. The molecule has 0 aliphatic heterocycles. The summed E-state index contributed by atoms with van der Waals surface area (Å²) in [4.78, 5) is 23.4. The number of carbonyl (C=O) groups excluding carboxylic acids is 1. The van der Waals surface area contributed by atoms with E-state index in [9.17, 15) is 14.7 Å². The number of aliphatic carboxylic acids is 1. The zero-order valence-corrected chi connectivity index (χ0v) is 16.9. The van der Waals surface area contributed by atoms with E-state index in [1.165, 1.54) is 51.4 Å². The van der Waals surface area contributed by atoms with Gasteiger partial charge in [0.15, 0.2) is 0 Å². The number of benzene rings is 1. The van der Waals surface area contributed by atoms with Crippen molar-refractivity contribution in [2.75, 3.05) is 0 Å². The van der Waals surface area contributed by atoms with Crippen LogP contribution >= 0.6 is 0 Å². The Morgan fingerprint density at radius 2 is 1.37 bits per heavy atom. The first-order chi connectivity index (χ1) is 13.1. The van der Waals surface area contributed by atoms with E-state index in [2.05, 4.69) is 12.2 Å². The van der Waals surface area contributed by atoms with Crippen molar-refractivity contribution >= 4 is 11.9 Å². The molecule has 4 heteroatoms. The van der Waals surface area contributed by atoms with Crippen molar-refractivity contribution in [3.05, 3.63) is 35.9 Å². The normalized spacial score (nSPS) is 11.9. The quantitative estimate of drug-likeness (QED) is 0.375. The molecule has 0 radical (unpaired) electrons. The fourth-order valence-electron chi connectivity index (χ4n) is 3.27. The first kappa shape index (κ1) is 23.2. The van der Waals surface area contributed by atoms with Gasteiger partial charge in [-0.1, -0.05) is 101 Å². The minimum Gasteiger partial charge on any atom is -0.480 e. The molecule has 0 heterocycles. The van der Waals surface area contributed by atoms with E-state index in [-0.39, 0.29) is 5.91 Å². The zero-order valence-electron chi connectivity index (χ0n) is 16.9. The molecule has 27 heavy (non-hydrogen) atoms. The predicted octanol–water partition coefficient (Wildman–Crippen LogP) is 5.50. The third kappa shape index (κ3) is 12.2. The standard InChI is InChI=1S/C23H37NO3/c1-2-3-4-5-6-7-8-9-10-11-15-18-22(25)24-21(23(26)27)19-20-16-13-12-14-17-20/h12-14,16-17,21H,2-11,15,18-19H2,1H3,(H,24,25)(H,26,27)/t21-/m1/s1. The lowest BCUT2D eigenvalue weighted by molar-refractivity contribution is -0.141. The Balaban J connectivity index is 2.07. The highest BCUT2D eigenvalue weighted by molar-refractivity contribution is 5.83. The van der Waals surface area contributed by atoms with Gasteiger partial charge in [-0.25, -0.2) is 4.79 Å². The molecule has 1 aromatic rings. The largest absolute Gasteiger partial charge is 0.480 e. The van der Waals surface area contributed by atoms with Crippen molar-refractivity contribution in [3.63, 3.8) is 0 Å². The molecule has 4 nitrogen and oxygen atoms in total. The smallest absolute Gasteiger partial charge is 0.326 e. The molecule has 0 bridgehead atoms. The number of rotatable bonds is 16. The molecule has 152 valence electrons. The molecule has 0 aliphatic rings. The molecule has 2 N–H and O–H groups in total. The van der Waals surface area contributed by atoms with Gasteiger partial charge in [0.2, 0.25) is 5.91 Å². The van der Waals surface area contributed by atoms with Crippen molar-refractivity contribution in [3.8, 4) is 0 Å². The number of nitrogens with one attached hydrogen (secondary N) is 1. The van der Waals surface area contributed by atoms with Crippen LogP contribution in [0.5, 0.6) is 0 Å². The molecular formula is C23H37NO3. The Bertz CT molecular complexity index is 516. The number of amides is 1. The predicted molar refractivity (Wildman–Crippen MR) is 111 cm³/mol. The SMILES string of the molecule is CCCCCCCCCCCCCC(=O)N[C@H](Cc1ccccc1)C(=O)O. The summed E-state index contributed by atoms with van der Waals surface area (Å²) < 4.78 is 0. The van der Waals surface area contributed by atoms with Gasteiger partial charge in [0.1, 0.15) is 6.04 Å². The molecule has 1 amide bonds. The van der Waals surface area contributed by atoms with Crippen molar-refractivity contribution in [2.24, 2.45) is 0 Å². The average molecular weight is 376 g/mol. The number of carboxylic acid groups (broad SMARTS) is 1. The fraction of sp³-hybridized carbons (Fsp3) is 0.652. The maximum atomic E-state index is 12.0. The van der Waals surface area contributed by atoms with Crippen LogP contribution in [0.1, 0.15) is 89.5 Å². The van der Waals surface area contributed by atoms with Gasteiger partial charge in [0.05, 0.1) is 0 Å². The summed E-state index contributed by atoms with van der Waals surface area (Å²) in [7, 11) is 0. The number of carbonyl (C=O) groups is 2. The lowest BCUT2D eigenvalue weighted by Gasteiger charge is -2.14. The Morgan fingerprint density at radius 1 is 0.852 bits per heavy atom. The Hall–Kier alpha value is -1.84. The highest BCUT2D eigenvalue weighted by Gasteiger charge is 2.19. The maximum Gasteiger partial charge on any atom is 0.326 e. The first-order valence-corrected chi connectivity index (χ1v) is 10.7. The summed E-state index contributed by atoms with van der Waals surface area (Å²) in [5.74, 6) is -1.14. The molecule has 0 unspecified atom stereocenters. The number of carboxylic acids is 1. The van der Waals surface area contributed by atoms with E-state index in [4.69, 9.17) is 0 Å². The maximum absolute atomic E-state index is 12.0. The van der Waals surface area contributed by atoms with E-state index in [0.717, 1.165) is 24.8 Å². The first-order valence-electron chi connectivity index (χ1n) is 10.7. The monoisotopic (exact) mass is 375 g/mol. The molecule has 0 aliphatic carbocycles. The van der Waals surface area contributed by atoms with Crippen LogP contribution in [-0.2, 0) is 16.0 Å². The zero-order chi connectivity index (χ0) is 19.7. The highest BCUT2D eigenvalue weighted by Crippen LogP contribution is 2.12. The van der Waals surface area contributed by atoms with Crippen LogP contribution in [0, 0.1) is 0 Å². The summed E-state index contributed by atoms with van der Waals surface area (Å²) in [6, 6.07) is 8.55. The lowest BCUT2D eigenvalue weighted by Crippen LogP contribution is -2.42. The van der Waals surface area contributed by atoms with Gasteiger partial charge in [0.25, 0.3) is 0 Å². The third-order valence-corrected chi connectivity index (χ3v) is 4.92. The Kier molecular flexibility index (Phi) is 13.1. The van der Waals surface area contributed by atoms with Gasteiger partial charge in [-0.3, -0.25) is 4.79 Å². The van der Waals surface area contributed by atoms with Crippen molar-refractivity contribution in [2.45, 2.75) is 96.4 Å². The summed E-state index contributed by atoms with van der Waals surface area (Å²) >= 11 is 0. The van der Waals surface area contributed by atoms with Crippen LogP contribution in [0.3, 0.4) is 0 Å². The van der Waals surface area contributed by atoms with E-state index < -0.39 is 12.0 Å². The summed E-state index contributed by atoms with van der Waals surface area (Å²) in [6.07, 6.45) is 14.4. The van der Waals surface area contributed by atoms with Crippen LogP contribution in [0.25, 0.3) is 0 Å². The molecule has 0 saturated carbocycles. The second-order valence-electron chi connectivity index (χ2n) is 7.43. The highest BCUT2D eigenvalue weighted by atomic mass is 16.4. The van der Waals surface area contributed by atoms with Gasteiger partial charge in [-0.05, 0) is 12.0 Å². The number of unbranched alkanes of at least 4 members (excludes halogenated alkanes) is 10. The molecule has 1 aromatic carbocycles. The molecule has 0 aromatic heterocycles. The number of hydrogen-bond acceptors (Lipinski definition) is 2. The van der Waals surface area contributed by atoms with Crippen LogP contribution in [0.15, 0.2) is 30.3 Å². The van der Waals surface area contributed by atoms with Crippen LogP contribution < -0.4 is 5.32 Å². The van der Waals surface area contributed by atoms with Crippen molar-refractivity contribution in [1.82, 2.24) is 5.32 Å². The molecule has 0 fully saturated rings. The molecule has 1 atom stereocenters. The van der Waals surface area contributed by atoms with Gasteiger partial charge >= 0.3 is 5.97 Å². The van der Waals surface area contributed by atoms with Gasteiger partial charge < -0.3 is 10.4 Å². The summed E-state index contributed by atoms with van der Waals surface area (Å²) in [5, 5.41) is 12.0. The molecular weight excluding hydrogens is 338 g/mol. The number of hydrogen-bond donors (Lipinski definition) is 2. The molecule has 1 rings (SSSR count). The van der Waals surface area contributed by atoms with Crippen molar-refractivity contribution in [1.29, 1.82) is 0 Å². The lowest BCUT2D eigenvalue weighted by atomic mass is 10.0. The fourth-order valence-corrected chi connectivity index (χ4v) is 3.27. The van der Waals surface area contributed by atoms with Gasteiger partial charge in [-0.15, -0.1) is 0 Å². The second-order valence-corrected chi connectivity index (χ2v) is 7.43. The van der Waals surface area contributed by atoms with E-state index in [0.29, 0.717) is 12.8 Å². The van der Waals surface area contributed by atoms with E-state index >= 15 is 0 Å². The van der Waals surface area contributed by atoms with Crippen LogP contribution in [0.4, 0.5) is 0 Å². The molecule has 0 saturated heterocycles. The van der Waals surface area contributed by atoms with E-state index in [1.54, 1.807) is 0 Å². The summed E-state index contributed by atoms with van der Waals surface area (Å²) in [6.45, 7) is 2.24.